The molecule has 0 unspecified atom stereocenters. The molecule has 1 rings (SSSR count). The second-order valence-electron chi connectivity index (χ2n) is 4.91. The van der Waals surface area contributed by atoms with E-state index >= 15 is 0 Å². The molecule has 0 aliphatic heterocycles. The topological polar surface area (TPSA) is 58.1 Å². The van der Waals surface area contributed by atoms with Crippen LogP contribution in [0.15, 0.2) is 6.07 Å². The van der Waals surface area contributed by atoms with Gasteiger partial charge in [0.2, 0.25) is 0 Å². The summed E-state index contributed by atoms with van der Waals surface area (Å²) in [5.74, 6) is -0.274. The number of halogens is 2. The van der Waals surface area contributed by atoms with Gasteiger partial charge in [0.25, 0.3) is 5.91 Å². The third-order valence-corrected chi connectivity index (χ3v) is 3.53. The minimum atomic E-state index is -0.274. The molecule has 1 heterocycles. The highest BCUT2D eigenvalue weighted by atomic mass is 35.5. The van der Waals surface area contributed by atoms with E-state index in [4.69, 9.17) is 23.2 Å². The first-order chi connectivity index (χ1) is 9.41. The lowest BCUT2D eigenvalue weighted by Crippen LogP contribution is -2.29. The first-order valence-electron chi connectivity index (χ1n) is 6.59. The Morgan fingerprint density at radius 3 is 2.70 bits per heavy atom. The summed E-state index contributed by atoms with van der Waals surface area (Å²) >= 11 is 11.5. The van der Waals surface area contributed by atoms with Crippen molar-refractivity contribution < 1.29 is 4.79 Å². The van der Waals surface area contributed by atoms with Crippen LogP contribution < -0.4 is 5.32 Å². The molecule has 0 fully saturated rings. The van der Waals surface area contributed by atoms with Gasteiger partial charge in [-0.15, -0.1) is 10.2 Å². The summed E-state index contributed by atoms with van der Waals surface area (Å²) in [6.45, 7) is 5.92. The summed E-state index contributed by atoms with van der Waals surface area (Å²) in [6, 6.07) is 1.95. The van der Waals surface area contributed by atoms with Gasteiger partial charge in [-0.2, -0.15) is 0 Å². The summed E-state index contributed by atoms with van der Waals surface area (Å²) in [7, 11) is 2.09. The van der Waals surface area contributed by atoms with Crippen molar-refractivity contribution in [2.45, 2.75) is 32.7 Å². The predicted octanol–water partition coefficient (Wildman–Crippen LogP) is 2.63. The molecule has 0 saturated carbocycles. The Kier molecular flexibility index (Phi) is 7.19. The van der Waals surface area contributed by atoms with Gasteiger partial charge in [0, 0.05) is 12.6 Å². The fourth-order valence-corrected chi connectivity index (χ4v) is 1.88. The van der Waals surface area contributed by atoms with Crippen LogP contribution in [-0.4, -0.2) is 47.2 Å². The number of carbonyl (C=O) groups is 1. The third-order valence-electron chi connectivity index (χ3n) is 3.07. The maximum Gasteiger partial charge on any atom is 0.254 e. The molecule has 0 saturated heterocycles. The Bertz CT molecular complexity index is 454. The molecule has 112 valence electrons. The van der Waals surface area contributed by atoms with Crippen LogP contribution in [0.5, 0.6) is 0 Å². The summed E-state index contributed by atoms with van der Waals surface area (Å²) in [5.41, 5.74) is 0.256. The lowest BCUT2D eigenvalue weighted by Gasteiger charge is -2.20. The maximum atomic E-state index is 11.9. The number of nitrogens with one attached hydrogen (secondary N) is 1. The van der Waals surface area contributed by atoms with Gasteiger partial charge in [0.15, 0.2) is 10.3 Å². The summed E-state index contributed by atoms with van der Waals surface area (Å²) in [5, 5.41) is 10.2. The molecule has 1 aromatic rings. The highest BCUT2D eigenvalue weighted by Crippen LogP contribution is 2.14. The van der Waals surface area contributed by atoms with Gasteiger partial charge < -0.3 is 10.2 Å². The SMILES string of the molecule is CC(C)N(C)CCCCNC(=O)c1cc(Cl)nnc1Cl. The summed E-state index contributed by atoms with van der Waals surface area (Å²) < 4.78 is 0. The molecular formula is C13H20Cl2N4O. The van der Waals surface area contributed by atoms with Gasteiger partial charge in [0.1, 0.15) is 0 Å². The normalized spacial score (nSPS) is 11.2. The standard InChI is InChI=1S/C13H20Cl2N4O/c1-9(2)19(3)7-5-4-6-16-13(20)10-8-11(14)17-18-12(10)15/h8-9H,4-7H2,1-3H3,(H,16,20). The molecule has 0 aliphatic rings. The third kappa shape index (κ3) is 5.61. The van der Waals surface area contributed by atoms with E-state index in [1.807, 2.05) is 0 Å². The van der Waals surface area contributed by atoms with Crippen LogP contribution in [0.1, 0.15) is 37.0 Å². The Balaban J connectivity index is 2.32. The van der Waals surface area contributed by atoms with E-state index < -0.39 is 0 Å². The fourth-order valence-electron chi connectivity index (χ4n) is 1.55. The van der Waals surface area contributed by atoms with Crippen LogP contribution in [0.25, 0.3) is 0 Å². The lowest BCUT2D eigenvalue weighted by molar-refractivity contribution is 0.0952. The van der Waals surface area contributed by atoms with Crippen LogP contribution in [0.4, 0.5) is 0 Å². The van der Waals surface area contributed by atoms with Crippen molar-refractivity contribution in [1.82, 2.24) is 20.4 Å². The number of hydrogen-bond donors (Lipinski definition) is 1. The molecular weight excluding hydrogens is 299 g/mol. The molecule has 0 aromatic carbocycles. The van der Waals surface area contributed by atoms with E-state index in [1.165, 1.54) is 6.07 Å². The second kappa shape index (κ2) is 8.39. The molecule has 0 aliphatic carbocycles. The molecule has 0 bridgehead atoms. The fraction of sp³-hybridized carbons (Fsp3) is 0.615. The van der Waals surface area contributed by atoms with Crippen molar-refractivity contribution in [2.24, 2.45) is 0 Å². The van der Waals surface area contributed by atoms with Crippen LogP contribution in [0.3, 0.4) is 0 Å². The van der Waals surface area contributed by atoms with Crippen LogP contribution in [0.2, 0.25) is 10.3 Å². The smallest absolute Gasteiger partial charge is 0.254 e. The number of hydrogen-bond acceptors (Lipinski definition) is 4. The maximum absolute atomic E-state index is 11.9. The highest BCUT2D eigenvalue weighted by molar-refractivity contribution is 6.34. The quantitative estimate of drug-likeness (QED) is 0.785. The molecule has 0 spiro atoms. The van der Waals surface area contributed by atoms with Crippen molar-refractivity contribution in [3.63, 3.8) is 0 Å². The lowest BCUT2D eigenvalue weighted by atomic mass is 10.2. The minimum Gasteiger partial charge on any atom is -0.352 e. The molecule has 1 N–H and O–H groups in total. The Hall–Kier alpha value is -0.910. The molecule has 0 radical (unpaired) electrons. The number of rotatable bonds is 7. The largest absolute Gasteiger partial charge is 0.352 e. The molecule has 0 atom stereocenters. The van der Waals surface area contributed by atoms with Crippen molar-refractivity contribution >= 4 is 29.1 Å². The first kappa shape index (κ1) is 17.1. The molecule has 1 amide bonds. The summed E-state index contributed by atoms with van der Waals surface area (Å²) in [4.78, 5) is 14.2. The van der Waals surface area contributed by atoms with Gasteiger partial charge in [-0.05, 0) is 46.3 Å². The van der Waals surface area contributed by atoms with Gasteiger partial charge in [-0.25, -0.2) is 0 Å². The van der Waals surface area contributed by atoms with E-state index in [1.54, 1.807) is 0 Å². The molecule has 20 heavy (non-hydrogen) atoms. The first-order valence-corrected chi connectivity index (χ1v) is 7.34. The van der Waals surface area contributed by atoms with Crippen molar-refractivity contribution in [1.29, 1.82) is 0 Å². The van der Waals surface area contributed by atoms with Crippen LogP contribution in [0, 0.1) is 0 Å². The Labute approximate surface area is 129 Å². The van der Waals surface area contributed by atoms with Crippen LogP contribution >= 0.6 is 23.2 Å². The van der Waals surface area contributed by atoms with E-state index in [0.29, 0.717) is 12.6 Å². The molecule has 7 heteroatoms. The van der Waals surface area contributed by atoms with Crippen molar-refractivity contribution in [3.8, 4) is 0 Å². The minimum absolute atomic E-state index is 0.0615. The monoisotopic (exact) mass is 318 g/mol. The average Bonchev–Trinajstić information content (AvgIpc) is 2.40. The van der Waals surface area contributed by atoms with Gasteiger partial charge in [0.05, 0.1) is 5.56 Å². The molecule has 1 aromatic heterocycles. The number of unbranched alkanes of at least 4 members (excludes halogenated alkanes) is 1. The van der Waals surface area contributed by atoms with Gasteiger partial charge in [-0.1, -0.05) is 23.2 Å². The molecule has 5 nitrogen and oxygen atoms in total. The highest BCUT2D eigenvalue weighted by Gasteiger charge is 2.12. The summed E-state index contributed by atoms with van der Waals surface area (Å²) in [6.07, 6.45) is 1.94. The zero-order valence-corrected chi connectivity index (χ0v) is 13.5. The van der Waals surface area contributed by atoms with Crippen molar-refractivity contribution in [3.05, 3.63) is 21.9 Å². The number of carbonyl (C=O) groups excluding carboxylic acids is 1. The Morgan fingerprint density at radius 2 is 2.05 bits per heavy atom. The van der Waals surface area contributed by atoms with E-state index in [-0.39, 0.29) is 21.8 Å². The zero-order chi connectivity index (χ0) is 15.1. The van der Waals surface area contributed by atoms with Gasteiger partial charge >= 0.3 is 0 Å². The Morgan fingerprint density at radius 1 is 1.35 bits per heavy atom. The van der Waals surface area contributed by atoms with E-state index in [2.05, 4.69) is 41.3 Å². The number of amides is 1. The van der Waals surface area contributed by atoms with E-state index in [0.717, 1.165) is 19.4 Å². The number of nitrogens with zero attached hydrogens (tertiary/aromatic N) is 3. The predicted molar refractivity (Wildman–Crippen MR) is 81.4 cm³/mol. The van der Waals surface area contributed by atoms with Gasteiger partial charge in [-0.3, -0.25) is 4.79 Å². The average molecular weight is 319 g/mol. The van der Waals surface area contributed by atoms with Crippen molar-refractivity contribution in [2.75, 3.05) is 20.1 Å². The zero-order valence-electron chi connectivity index (χ0n) is 12.0. The number of aromatic nitrogens is 2. The van der Waals surface area contributed by atoms with Crippen LogP contribution in [-0.2, 0) is 0 Å². The van der Waals surface area contributed by atoms with E-state index in [9.17, 15) is 4.79 Å². The second-order valence-corrected chi connectivity index (χ2v) is 5.65.